The van der Waals surface area contributed by atoms with E-state index >= 15 is 0 Å². The summed E-state index contributed by atoms with van der Waals surface area (Å²) in [6, 6.07) is 5.53. The molecule has 2 rings (SSSR count). The summed E-state index contributed by atoms with van der Waals surface area (Å²) < 4.78 is 4.73. The molecule has 0 aromatic heterocycles. The first-order valence-corrected chi connectivity index (χ1v) is 7.54. The molecule has 1 aliphatic carbocycles. The van der Waals surface area contributed by atoms with Crippen LogP contribution in [0.5, 0.6) is 0 Å². The van der Waals surface area contributed by atoms with Gasteiger partial charge in [0.15, 0.2) is 0 Å². The SMILES string of the molecule is COC(=O)CC1(CSc2ccc(Cl)cc2CO)CC1. The van der Waals surface area contributed by atoms with Gasteiger partial charge >= 0.3 is 5.97 Å². The van der Waals surface area contributed by atoms with Crippen LogP contribution in [0.4, 0.5) is 0 Å². The Morgan fingerprint density at radius 2 is 2.26 bits per heavy atom. The third-order valence-corrected chi connectivity index (χ3v) is 5.13. The average Bonchev–Trinajstić information content (AvgIpc) is 3.17. The van der Waals surface area contributed by atoms with Crippen LogP contribution in [-0.2, 0) is 16.1 Å². The Hall–Kier alpha value is -0.710. The van der Waals surface area contributed by atoms with Gasteiger partial charge in [0.2, 0.25) is 0 Å². The molecule has 5 heteroatoms. The van der Waals surface area contributed by atoms with Gasteiger partial charge < -0.3 is 9.84 Å². The molecule has 3 nitrogen and oxygen atoms in total. The van der Waals surface area contributed by atoms with E-state index in [1.165, 1.54) is 7.11 Å². The maximum absolute atomic E-state index is 11.4. The number of hydrogen-bond acceptors (Lipinski definition) is 4. The molecule has 1 aliphatic rings. The second-order valence-electron chi connectivity index (χ2n) is 4.95. The highest BCUT2D eigenvalue weighted by atomic mass is 35.5. The Balaban J connectivity index is 1.97. The van der Waals surface area contributed by atoms with E-state index in [1.54, 1.807) is 17.8 Å². The average molecular weight is 301 g/mol. The number of halogens is 1. The number of esters is 1. The largest absolute Gasteiger partial charge is 0.469 e. The molecule has 0 saturated heterocycles. The van der Waals surface area contributed by atoms with Gasteiger partial charge in [0.25, 0.3) is 0 Å². The first-order chi connectivity index (χ1) is 9.08. The summed E-state index contributed by atoms with van der Waals surface area (Å²) in [5.74, 6) is 0.730. The zero-order chi connectivity index (χ0) is 13.9. The van der Waals surface area contributed by atoms with Crippen molar-refractivity contribution in [2.45, 2.75) is 30.8 Å². The van der Waals surface area contributed by atoms with E-state index in [0.717, 1.165) is 29.1 Å². The number of methoxy groups -OCH3 is 1. The molecule has 0 amide bonds. The standard InChI is InChI=1S/C14H17ClO3S/c1-18-13(17)7-14(4-5-14)9-19-12-3-2-11(15)6-10(12)8-16/h2-3,6,16H,4-5,7-9H2,1H3. The maximum atomic E-state index is 11.4. The monoisotopic (exact) mass is 300 g/mol. The minimum atomic E-state index is -0.142. The van der Waals surface area contributed by atoms with Crippen molar-refractivity contribution in [2.75, 3.05) is 12.9 Å². The van der Waals surface area contributed by atoms with Crippen molar-refractivity contribution in [3.63, 3.8) is 0 Å². The summed E-state index contributed by atoms with van der Waals surface area (Å²) in [6.45, 7) is -0.0209. The topological polar surface area (TPSA) is 46.5 Å². The highest BCUT2D eigenvalue weighted by molar-refractivity contribution is 7.99. The fraction of sp³-hybridized carbons (Fsp3) is 0.500. The summed E-state index contributed by atoms with van der Waals surface area (Å²) in [7, 11) is 1.43. The molecule has 19 heavy (non-hydrogen) atoms. The Bertz CT molecular complexity index is 472. The van der Waals surface area contributed by atoms with Crippen LogP contribution in [0.2, 0.25) is 5.02 Å². The van der Waals surface area contributed by atoms with E-state index in [1.807, 2.05) is 12.1 Å². The molecule has 0 spiro atoms. The lowest BCUT2D eigenvalue weighted by molar-refractivity contribution is -0.141. The zero-order valence-electron chi connectivity index (χ0n) is 10.8. The van der Waals surface area contributed by atoms with E-state index in [9.17, 15) is 9.90 Å². The van der Waals surface area contributed by atoms with Gasteiger partial charge in [-0.25, -0.2) is 0 Å². The third kappa shape index (κ3) is 3.88. The van der Waals surface area contributed by atoms with E-state index < -0.39 is 0 Å². The number of ether oxygens (including phenoxy) is 1. The molecular weight excluding hydrogens is 284 g/mol. The summed E-state index contributed by atoms with van der Waals surface area (Å²) in [5.41, 5.74) is 0.927. The molecule has 1 fully saturated rings. The molecule has 0 aliphatic heterocycles. The molecular formula is C14H17ClO3S. The van der Waals surface area contributed by atoms with Gasteiger partial charge in [-0.15, -0.1) is 11.8 Å². The first kappa shape index (κ1) is 14.7. The smallest absolute Gasteiger partial charge is 0.306 e. The number of rotatable bonds is 6. The minimum Gasteiger partial charge on any atom is -0.469 e. The Kier molecular flexibility index (Phi) is 4.76. The summed E-state index contributed by atoms with van der Waals surface area (Å²) >= 11 is 7.58. The van der Waals surface area contributed by atoms with Crippen LogP contribution in [0.1, 0.15) is 24.8 Å². The quantitative estimate of drug-likeness (QED) is 0.647. The summed E-state index contributed by atoms with van der Waals surface area (Å²) in [6.07, 6.45) is 2.62. The first-order valence-electron chi connectivity index (χ1n) is 6.17. The van der Waals surface area contributed by atoms with Crippen LogP contribution in [-0.4, -0.2) is 23.9 Å². The van der Waals surface area contributed by atoms with Crippen molar-refractivity contribution in [3.05, 3.63) is 28.8 Å². The van der Waals surface area contributed by atoms with Crippen molar-refractivity contribution >= 4 is 29.3 Å². The number of carbonyl (C=O) groups is 1. The maximum Gasteiger partial charge on any atom is 0.306 e. The van der Waals surface area contributed by atoms with Crippen LogP contribution in [0.3, 0.4) is 0 Å². The van der Waals surface area contributed by atoms with Crippen LogP contribution in [0.25, 0.3) is 0 Å². The lowest BCUT2D eigenvalue weighted by atomic mass is 10.1. The molecule has 0 unspecified atom stereocenters. The van der Waals surface area contributed by atoms with Crippen LogP contribution in [0.15, 0.2) is 23.1 Å². The van der Waals surface area contributed by atoms with Gasteiger partial charge in [-0.1, -0.05) is 11.6 Å². The van der Waals surface area contributed by atoms with E-state index in [4.69, 9.17) is 16.3 Å². The highest BCUT2D eigenvalue weighted by Gasteiger charge is 2.44. The number of carbonyl (C=O) groups excluding carboxylic acids is 1. The minimum absolute atomic E-state index is 0.0209. The van der Waals surface area contributed by atoms with Gasteiger partial charge in [0.1, 0.15) is 0 Å². The van der Waals surface area contributed by atoms with E-state index in [2.05, 4.69) is 0 Å². The molecule has 0 heterocycles. The number of aliphatic hydroxyl groups is 1. The Morgan fingerprint density at radius 3 is 2.84 bits per heavy atom. The molecule has 0 bridgehead atoms. The predicted octanol–water partition coefficient (Wildman–Crippen LogP) is 3.27. The highest BCUT2D eigenvalue weighted by Crippen LogP contribution is 2.52. The molecule has 104 valence electrons. The van der Waals surface area contributed by atoms with Crippen molar-refractivity contribution in [1.82, 2.24) is 0 Å². The van der Waals surface area contributed by atoms with Gasteiger partial charge in [-0.2, -0.15) is 0 Å². The second-order valence-corrected chi connectivity index (χ2v) is 6.41. The zero-order valence-corrected chi connectivity index (χ0v) is 12.4. The Labute approximate surface area is 122 Å². The van der Waals surface area contributed by atoms with Crippen LogP contribution < -0.4 is 0 Å². The number of aliphatic hydroxyl groups excluding tert-OH is 1. The molecule has 1 saturated carbocycles. The Morgan fingerprint density at radius 1 is 1.53 bits per heavy atom. The van der Waals surface area contributed by atoms with Crippen molar-refractivity contribution in [2.24, 2.45) is 5.41 Å². The van der Waals surface area contributed by atoms with Gasteiger partial charge in [-0.05, 0) is 42.0 Å². The van der Waals surface area contributed by atoms with Gasteiger partial charge in [0, 0.05) is 15.7 Å². The number of hydrogen-bond donors (Lipinski definition) is 1. The van der Waals surface area contributed by atoms with Crippen LogP contribution in [0, 0.1) is 5.41 Å². The predicted molar refractivity (Wildman–Crippen MR) is 76.4 cm³/mol. The molecule has 0 atom stereocenters. The lowest BCUT2D eigenvalue weighted by Gasteiger charge is -2.14. The number of thioether (sulfide) groups is 1. The summed E-state index contributed by atoms with van der Waals surface area (Å²) in [4.78, 5) is 12.4. The molecule has 1 aromatic carbocycles. The van der Waals surface area contributed by atoms with Crippen molar-refractivity contribution in [1.29, 1.82) is 0 Å². The normalized spacial score (nSPS) is 16.2. The fourth-order valence-electron chi connectivity index (χ4n) is 1.97. The number of benzene rings is 1. The van der Waals surface area contributed by atoms with Crippen molar-refractivity contribution < 1.29 is 14.6 Å². The summed E-state index contributed by atoms with van der Waals surface area (Å²) in [5, 5.41) is 9.95. The van der Waals surface area contributed by atoms with Gasteiger partial charge in [0.05, 0.1) is 20.1 Å². The van der Waals surface area contributed by atoms with Crippen LogP contribution >= 0.6 is 23.4 Å². The molecule has 0 radical (unpaired) electrons. The second kappa shape index (κ2) is 6.16. The van der Waals surface area contributed by atoms with E-state index in [-0.39, 0.29) is 18.0 Å². The van der Waals surface area contributed by atoms with Gasteiger partial charge in [-0.3, -0.25) is 4.79 Å². The third-order valence-electron chi connectivity index (χ3n) is 3.43. The molecule has 1 aromatic rings. The molecule has 1 N–H and O–H groups in total. The van der Waals surface area contributed by atoms with E-state index in [0.29, 0.717) is 11.4 Å². The fourth-order valence-corrected chi connectivity index (χ4v) is 3.49. The van der Waals surface area contributed by atoms with Crippen molar-refractivity contribution in [3.8, 4) is 0 Å². The lowest BCUT2D eigenvalue weighted by Crippen LogP contribution is -2.13.